The molecule has 8 nitrogen and oxygen atoms in total. The minimum Gasteiger partial charge on any atom is -0.337 e. The molecule has 1 atom stereocenters. The molecule has 34 heavy (non-hydrogen) atoms. The molecule has 1 aliphatic heterocycles. The Morgan fingerprint density at radius 1 is 1.06 bits per heavy atom. The smallest absolute Gasteiger partial charge is 0.337 e. The van der Waals surface area contributed by atoms with Gasteiger partial charge in [-0.3, -0.25) is 14.4 Å². The molecule has 1 aliphatic rings. The lowest BCUT2D eigenvalue weighted by atomic mass is 10.1. The zero-order chi connectivity index (χ0) is 24.6. The van der Waals surface area contributed by atoms with Gasteiger partial charge in [-0.25, -0.2) is 0 Å². The van der Waals surface area contributed by atoms with E-state index < -0.39 is 29.4 Å². The van der Waals surface area contributed by atoms with Gasteiger partial charge in [0.15, 0.2) is 5.69 Å². The maximum absolute atomic E-state index is 13.7. The summed E-state index contributed by atoms with van der Waals surface area (Å²) in [5.41, 5.74) is 0.568. The highest BCUT2D eigenvalue weighted by molar-refractivity contribution is 5.95. The minimum atomic E-state index is -4.67. The first-order valence-electron chi connectivity index (χ1n) is 11.1. The Labute approximate surface area is 195 Å². The average molecular weight is 477 g/mol. The highest BCUT2D eigenvalue weighted by Crippen LogP contribution is 2.34. The van der Waals surface area contributed by atoms with E-state index >= 15 is 0 Å². The maximum atomic E-state index is 13.7. The van der Waals surface area contributed by atoms with E-state index in [-0.39, 0.29) is 19.1 Å². The van der Waals surface area contributed by atoms with Gasteiger partial charge in [-0.15, -0.1) is 0 Å². The minimum absolute atomic E-state index is 0.196. The number of hydrogen-bond donors (Lipinski definition) is 0. The van der Waals surface area contributed by atoms with E-state index in [4.69, 9.17) is 4.52 Å². The number of rotatable bonds is 5. The van der Waals surface area contributed by atoms with Crippen molar-refractivity contribution in [2.24, 2.45) is 0 Å². The summed E-state index contributed by atoms with van der Waals surface area (Å²) in [6.45, 7) is 8.62. The van der Waals surface area contributed by atoms with Gasteiger partial charge >= 0.3 is 6.18 Å². The van der Waals surface area contributed by atoms with Gasteiger partial charge in [0, 0.05) is 37.8 Å². The largest absolute Gasteiger partial charge is 0.433 e. The Kier molecular flexibility index (Phi) is 6.48. The Morgan fingerprint density at radius 3 is 2.29 bits per heavy atom. The summed E-state index contributed by atoms with van der Waals surface area (Å²) >= 11 is 0. The van der Waals surface area contributed by atoms with Crippen LogP contribution in [0.1, 0.15) is 60.4 Å². The molecule has 0 radical (unpaired) electrons. The second-order valence-electron chi connectivity index (χ2n) is 8.77. The van der Waals surface area contributed by atoms with E-state index in [1.807, 2.05) is 38.1 Å². The molecule has 1 saturated heterocycles. The number of alkyl halides is 3. The average Bonchev–Trinajstić information content (AvgIpc) is 3.47. The number of amides is 1. The molecule has 3 aromatic rings. The van der Waals surface area contributed by atoms with Crippen molar-refractivity contribution in [3.8, 4) is 11.4 Å². The van der Waals surface area contributed by atoms with Gasteiger partial charge in [-0.1, -0.05) is 35.0 Å². The molecular formula is C23H27F3N6O2. The predicted molar refractivity (Wildman–Crippen MR) is 118 cm³/mol. The van der Waals surface area contributed by atoms with Crippen molar-refractivity contribution >= 4 is 5.91 Å². The van der Waals surface area contributed by atoms with Crippen molar-refractivity contribution in [1.82, 2.24) is 29.7 Å². The van der Waals surface area contributed by atoms with Crippen molar-refractivity contribution in [3.05, 3.63) is 53.2 Å². The Morgan fingerprint density at radius 2 is 1.71 bits per heavy atom. The van der Waals surface area contributed by atoms with E-state index in [1.54, 1.807) is 13.8 Å². The first-order valence-corrected chi connectivity index (χ1v) is 11.1. The molecule has 1 amide bonds. The number of aryl methyl sites for hydroxylation is 1. The van der Waals surface area contributed by atoms with E-state index in [9.17, 15) is 18.0 Å². The second-order valence-corrected chi connectivity index (χ2v) is 8.77. The Balaban J connectivity index is 1.43. The van der Waals surface area contributed by atoms with E-state index in [1.165, 1.54) is 4.90 Å². The van der Waals surface area contributed by atoms with Crippen LogP contribution >= 0.6 is 0 Å². The molecule has 11 heteroatoms. The topological polar surface area (TPSA) is 80.3 Å². The first kappa shape index (κ1) is 23.9. The number of halogens is 3. The predicted octanol–water partition coefficient (Wildman–Crippen LogP) is 4.36. The van der Waals surface area contributed by atoms with Crippen molar-refractivity contribution in [2.45, 2.75) is 46.0 Å². The van der Waals surface area contributed by atoms with Gasteiger partial charge in [0.25, 0.3) is 5.91 Å². The highest BCUT2D eigenvalue weighted by Gasteiger charge is 2.42. The monoisotopic (exact) mass is 476 g/mol. The van der Waals surface area contributed by atoms with Gasteiger partial charge < -0.3 is 9.42 Å². The fourth-order valence-corrected chi connectivity index (χ4v) is 4.06. The fourth-order valence-electron chi connectivity index (χ4n) is 4.06. The maximum Gasteiger partial charge on any atom is 0.433 e. The van der Waals surface area contributed by atoms with E-state index in [0.29, 0.717) is 24.8 Å². The molecule has 2 aromatic heterocycles. The molecular weight excluding hydrogens is 449 g/mol. The van der Waals surface area contributed by atoms with Crippen LogP contribution in [0.3, 0.4) is 0 Å². The summed E-state index contributed by atoms with van der Waals surface area (Å²) < 4.78 is 47.3. The molecule has 1 unspecified atom stereocenters. The van der Waals surface area contributed by atoms with Crippen LogP contribution in [0.4, 0.5) is 13.2 Å². The van der Waals surface area contributed by atoms with Gasteiger partial charge in [0.05, 0.1) is 17.8 Å². The van der Waals surface area contributed by atoms with Crippen molar-refractivity contribution in [3.63, 3.8) is 0 Å². The zero-order valence-corrected chi connectivity index (χ0v) is 19.5. The first-order chi connectivity index (χ1) is 16.1. The van der Waals surface area contributed by atoms with Crippen LogP contribution in [-0.4, -0.2) is 61.8 Å². The van der Waals surface area contributed by atoms with E-state index in [0.717, 1.165) is 22.0 Å². The zero-order valence-electron chi connectivity index (χ0n) is 19.5. The molecule has 0 N–H and O–H groups in total. The quantitative estimate of drug-likeness (QED) is 0.544. The van der Waals surface area contributed by atoms with Gasteiger partial charge in [-0.2, -0.15) is 23.3 Å². The molecule has 1 fully saturated rings. The number of benzene rings is 1. The summed E-state index contributed by atoms with van der Waals surface area (Å²) in [5, 5.41) is 7.89. The molecule has 3 heterocycles. The summed E-state index contributed by atoms with van der Waals surface area (Å²) in [4.78, 5) is 21.0. The van der Waals surface area contributed by atoms with Crippen molar-refractivity contribution in [1.29, 1.82) is 0 Å². The third kappa shape index (κ3) is 4.70. The van der Waals surface area contributed by atoms with Crippen molar-refractivity contribution in [2.75, 3.05) is 26.2 Å². The number of aromatic nitrogens is 4. The lowest BCUT2D eigenvalue weighted by molar-refractivity contribution is -0.145. The summed E-state index contributed by atoms with van der Waals surface area (Å²) in [6, 6.07) is 7.08. The second kappa shape index (κ2) is 9.21. The number of nitrogens with zero attached hydrogens (tertiary/aromatic N) is 6. The fraction of sp³-hybridized carbons (Fsp3) is 0.478. The molecule has 0 aliphatic carbocycles. The lowest BCUT2D eigenvalue weighted by Crippen LogP contribution is -2.49. The SMILES string of the molecule is Cc1ccc(-c2noc(C(C)N3CCN(C(=O)c4cnn(C(C)C)c4C(F)(F)F)CC3)n2)cc1. The molecule has 0 saturated carbocycles. The third-order valence-corrected chi connectivity index (χ3v) is 6.04. The van der Waals surface area contributed by atoms with Gasteiger partial charge in [0.1, 0.15) is 0 Å². The molecule has 0 bridgehead atoms. The summed E-state index contributed by atoms with van der Waals surface area (Å²) in [5.74, 6) is 0.288. The van der Waals surface area contributed by atoms with E-state index in [2.05, 4.69) is 20.1 Å². The van der Waals surface area contributed by atoms with Gasteiger partial charge in [-0.05, 0) is 27.7 Å². The van der Waals surface area contributed by atoms with Crippen LogP contribution in [0.25, 0.3) is 11.4 Å². The standard InChI is InChI=1S/C23H27F3N6O2/c1-14(2)32-19(23(24,25)26)18(13-27-32)22(33)31-11-9-30(10-12-31)16(4)21-28-20(29-34-21)17-7-5-15(3)6-8-17/h5-8,13-14,16H,9-12H2,1-4H3. The molecule has 0 spiro atoms. The lowest BCUT2D eigenvalue weighted by Gasteiger charge is -2.36. The molecule has 4 rings (SSSR count). The van der Waals surface area contributed by atoms with Gasteiger partial charge in [0.2, 0.25) is 11.7 Å². The highest BCUT2D eigenvalue weighted by atomic mass is 19.4. The number of piperazine rings is 1. The third-order valence-electron chi connectivity index (χ3n) is 6.04. The van der Waals surface area contributed by atoms with Crippen LogP contribution in [-0.2, 0) is 6.18 Å². The van der Waals surface area contributed by atoms with Crippen LogP contribution in [0.15, 0.2) is 35.0 Å². The van der Waals surface area contributed by atoms with Crippen molar-refractivity contribution < 1.29 is 22.5 Å². The normalized spacial score (nSPS) is 16.3. The summed E-state index contributed by atoms with van der Waals surface area (Å²) in [6.07, 6.45) is -3.65. The molecule has 182 valence electrons. The number of carbonyl (C=O) groups is 1. The Hall–Kier alpha value is -3.21. The van der Waals surface area contributed by atoms with Crippen LogP contribution < -0.4 is 0 Å². The number of hydrogen-bond acceptors (Lipinski definition) is 6. The number of carbonyl (C=O) groups excluding carboxylic acids is 1. The summed E-state index contributed by atoms with van der Waals surface area (Å²) in [7, 11) is 0. The van der Waals surface area contributed by atoms with Crippen LogP contribution in [0.2, 0.25) is 0 Å². The van der Waals surface area contributed by atoms with Crippen LogP contribution in [0, 0.1) is 6.92 Å². The molecule has 1 aromatic carbocycles. The van der Waals surface area contributed by atoms with Crippen LogP contribution in [0.5, 0.6) is 0 Å². The Bertz CT molecular complexity index is 1140.